The first kappa shape index (κ1) is 35.8. The average Bonchev–Trinajstić information content (AvgIpc) is 3.49. The molecule has 248 valence electrons. The molecule has 10 nitrogen and oxygen atoms in total. The topological polar surface area (TPSA) is 117 Å². The van der Waals surface area contributed by atoms with Crippen molar-refractivity contribution < 1.29 is 22.3 Å². The maximum atomic E-state index is 13.6. The third-order valence-electron chi connectivity index (χ3n) is 7.41. The van der Waals surface area contributed by atoms with Gasteiger partial charge in [0.05, 0.1) is 22.0 Å². The summed E-state index contributed by atoms with van der Waals surface area (Å²) in [6.45, 7) is 2.29. The number of nitrogens with one attached hydrogen (secondary N) is 2. The van der Waals surface area contributed by atoms with Crippen molar-refractivity contribution in [2.45, 2.75) is 25.4 Å². The first-order chi connectivity index (χ1) is 21.7. The molecule has 2 aromatic heterocycles. The van der Waals surface area contributed by atoms with Crippen LogP contribution < -0.4 is 19.7 Å². The van der Waals surface area contributed by atoms with E-state index in [0.29, 0.717) is 29.5 Å². The minimum Gasteiger partial charge on any atom is -0.439 e. The number of hydrogen-bond acceptors (Lipinski definition) is 8. The number of thiazole rings is 1. The van der Waals surface area contributed by atoms with Gasteiger partial charge in [-0.1, -0.05) is 6.07 Å². The fourth-order valence-electron chi connectivity index (χ4n) is 5.29. The Morgan fingerprint density at radius 3 is 2.34 bits per heavy atom. The number of anilines is 3. The number of aromatic nitrogens is 2. The number of ether oxygens (including phenoxy) is 1. The molecule has 5 aromatic rings. The molecule has 1 saturated heterocycles. The zero-order valence-corrected chi connectivity index (χ0v) is 28.5. The van der Waals surface area contributed by atoms with E-state index in [1.165, 1.54) is 23.5 Å². The van der Waals surface area contributed by atoms with Crippen molar-refractivity contribution in [3.8, 4) is 11.6 Å². The van der Waals surface area contributed by atoms with E-state index in [9.17, 15) is 17.6 Å². The van der Waals surface area contributed by atoms with Crippen LogP contribution in [0.5, 0.6) is 11.6 Å². The van der Waals surface area contributed by atoms with Gasteiger partial charge in [-0.3, -0.25) is 14.5 Å². The fourth-order valence-corrected chi connectivity index (χ4v) is 6.56. The predicted octanol–water partition coefficient (Wildman–Crippen LogP) is 7.54. The van der Waals surface area contributed by atoms with E-state index in [1.54, 1.807) is 48.1 Å². The third kappa shape index (κ3) is 9.52. The lowest BCUT2D eigenvalue weighted by Crippen LogP contribution is -2.49. The quantitative estimate of drug-likeness (QED) is 0.162. The molecule has 2 N–H and O–H groups in total. The second kappa shape index (κ2) is 15.7. The minimum atomic E-state index is -3.35. The molecule has 3 heterocycles. The summed E-state index contributed by atoms with van der Waals surface area (Å²) in [5.41, 5.74) is 5.50. The van der Waals surface area contributed by atoms with Crippen molar-refractivity contribution >= 4 is 79.5 Å². The number of pyridine rings is 1. The van der Waals surface area contributed by atoms with Crippen LogP contribution >= 0.6 is 36.2 Å². The molecule has 47 heavy (non-hydrogen) atoms. The van der Waals surface area contributed by atoms with Crippen molar-refractivity contribution in [1.29, 1.82) is 0 Å². The Bertz CT molecular complexity index is 1890. The van der Waals surface area contributed by atoms with Crippen LogP contribution in [-0.2, 0) is 16.6 Å². The number of nitrogens with zero attached hydrogens (tertiary/aromatic N) is 4. The van der Waals surface area contributed by atoms with E-state index in [-0.39, 0.29) is 42.7 Å². The molecule has 0 aliphatic carbocycles. The van der Waals surface area contributed by atoms with Crippen LogP contribution in [0.4, 0.5) is 26.2 Å². The van der Waals surface area contributed by atoms with Crippen molar-refractivity contribution in [3.63, 3.8) is 0 Å². The summed E-state index contributed by atoms with van der Waals surface area (Å²) in [5.74, 6) is 0.613. The Hall–Kier alpha value is -4.01. The van der Waals surface area contributed by atoms with Crippen LogP contribution in [0.1, 0.15) is 18.4 Å². The molecule has 1 aliphatic rings. The lowest BCUT2D eigenvalue weighted by atomic mass is 10.0. The van der Waals surface area contributed by atoms with E-state index >= 15 is 0 Å². The van der Waals surface area contributed by atoms with Gasteiger partial charge in [-0.05, 0) is 85.1 Å². The molecule has 1 aliphatic heterocycles. The number of likely N-dealkylation sites (tertiary alicyclic amines) is 1. The number of carbonyl (C=O) groups excluding carboxylic acids is 1. The third-order valence-corrected chi connectivity index (χ3v) is 8.81. The summed E-state index contributed by atoms with van der Waals surface area (Å²) in [5, 5.41) is 2.94. The smallest absolute Gasteiger partial charge is 0.326 e. The Balaban J connectivity index is 0.00000250. The highest BCUT2D eigenvalue weighted by Gasteiger charge is 2.30. The standard InChI is InChI=1S/C32H31FN6O4S2.2ClH/c1-45(41,42)37-25-7-10-28(11-8-25)43-31-13-2-22(19-34-31)20-38-16-14-26(15-17-38)39(27-9-12-29-30(18-27)44-21-35-29)32(40)36-24-5-3-23(33)4-6-24;;/h2-13,18-19,21,26,37H,14-17,20H2,1H3,(H,36,40);2*1H. The minimum absolute atomic E-state index is 0. The number of fused-ring (bicyclic) bond motifs is 1. The van der Waals surface area contributed by atoms with Crippen molar-refractivity contribution in [2.24, 2.45) is 0 Å². The summed E-state index contributed by atoms with van der Waals surface area (Å²) >= 11 is 1.53. The van der Waals surface area contributed by atoms with E-state index in [2.05, 4.69) is 24.9 Å². The lowest BCUT2D eigenvalue weighted by molar-refractivity contribution is 0.199. The van der Waals surface area contributed by atoms with Gasteiger partial charge in [-0.25, -0.2) is 27.6 Å². The van der Waals surface area contributed by atoms with Crippen LogP contribution in [0.2, 0.25) is 0 Å². The van der Waals surface area contributed by atoms with Crippen LogP contribution in [0.3, 0.4) is 0 Å². The van der Waals surface area contributed by atoms with Gasteiger partial charge in [0.2, 0.25) is 15.9 Å². The highest BCUT2D eigenvalue weighted by atomic mass is 35.5. The van der Waals surface area contributed by atoms with Gasteiger partial charge in [0.25, 0.3) is 0 Å². The largest absolute Gasteiger partial charge is 0.439 e. The van der Waals surface area contributed by atoms with Crippen molar-refractivity contribution in [3.05, 3.63) is 102 Å². The summed E-state index contributed by atoms with van der Waals surface area (Å²) in [4.78, 5) is 26.6. The zero-order chi connectivity index (χ0) is 31.4. The van der Waals surface area contributed by atoms with Gasteiger partial charge < -0.3 is 10.1 Å². The average molecular weight is 720 g/mol. The Kier molecular flexibility index (Phi) is 12.0. The molecule has 0 unspecified atom stereocenters. The zero-order valence-electron chi connectivity index (χ0n) is 25.2. The highest BCUT2D eigenvalue weighted by molar-refractivity contribution is 7.92. The molecule has 3 aromatic carbocycles. The van der Waals surface area contributed by atoms with E-state index in [4.69, 9.17) is 4.74 Å². The number of sulfonamides is 1. The van der Waals surface area contributed by atoms with Gasteiger partial charge in [0.1, 0.15) is 11.6 Å². The molecule has 0 radical (unpaired) electrons. The van der Waals surface area contributed by atoms with Gasteiger partial charge >= 0.3 is 6.03 Å². The summed E-state index contributed by atoms with van der Waals surface area (Å²) in [7, 11) is -3.35. The van der Waals surface area contributed by atoms with Crippen LogP contribution in [-0.4, -0.2) is 54.7 Å². The molecule has 0 bridgehead atoms. The SMILES string of the molecule is CS(=O)(=O)Nc1ccc(Oc2ccc(CN3CCC(N(C(=O)Nc4ccc(F)cc4)c4ccc5ncsc5c4)CC3)cn2)cc1.Cl.Cl. The number of urea groups is 1. The molecule has 0 atom stereocenters. The Morgan fingerprint density at radius 2 is 1.68 bits per heavy atom. The second-order valence-electron chi connectivity index (χ2n) is 10.8. The van der Waals surface area contributed by atoms with Crippen LogP contribution in [0.15, 0.2) is 90.6 Å². The van der Waals surface area contributed by atoms with Crippen LogP contribution in [0.25, 0.3) is 10.2 Å². The lowest BCUT2D eigenvalue weighted by Gasteiger charge is -2.38. The van der Waals surface area contributed by atoms with Gasteiger partial charge in [0, 0.05) is 55.0 Å². The monoisotopic (exact) mass is 718 g/mol. The number of amides is 2. The van der Waals surface area contributed by atoms with Crippen molar-refractivity contribution in [1.82, 2.24) is 14.9 Å². The van der Waals surface area contributed by atoms with Gasteiger partial charge in [-0.2, -0.15) is 0 Å². The predicted molar refractivity (Wildman–Crippen MR) is 190 cm³/mol. The number of carbonyl (C=O) groups is 1. The van der Waals surface area contributed by atoms with E-state index in [0.717, 1.165) is 53.7 Å². The molecule has 0 spiro atoms. The molecular formula is C32H33Cl2FN6O4S2. The van der Waals surface area contributed by atoms with Gasteiger partial charge in [0.15, 0.2) is 0 Å². The normalized spacial score (nSPS) is 13.7. The molecule has 15 heteroatoms. The molecule has 1 fully saturated rings. The molecule has 0 saturated carbocycles. The van der Waals surface area contributed by atoms with Crippen LogP contribution in [0, 0.1) is 5.82 Å². The molecular weight excluding hydrogens is 686 g/mol. The maximum absolute atomic E-state index is 13.6. The highest BCUT2D eigenvalue weighted by Crippen LogP contribution is 2.30. The van der Waals surface area contributed by atoms with E-state index < -0.39 is 10.0 Å². The number of piperidine rings is 1. The summed E-state index contributed by atoms with van der Waals surface area (Å²) < 4.78 is 45.5. The second-order valence-corrected chi connectivity index (χ2v) is 13.5. The number of hydrogen-bond donors (Lipinski definition) is 2. The fraction of sp³-hybridized carbons (Fsp3) is 0.219. The first-order valence-corrected chi connectivity index (χ1v) is 17.1. The number of benzene rings is 3. The van der Waals surface area contributed by atoms with Crippen molar-refractivity contribution in [2.75, 3.05) is 34.3 Å². The summed E-state index contributed by atoms with van der Waals surface area (Å²) in [6, 6.07) is 21.7. The maximum Gasteiger partial charge on any atom is 0.326 e. The molecule has 6 rings (SSSR count). The Labute approximate surface area is 288 Å². The number of halogens is 3. The number of rotatable bonds is 9. The summed E-state index contributed by atoms with van der Waals surface area (Å²) in [6.07, 6.45) is 4.43. The Morgan fingerprint density at radius 1 is 0.979 bits per heavy atom. The van der Waals surface area contributed by atoms with Gasteiger partial charge in [-0.15, -0.1) is 36.2 Å². The first-order valence-electron chi connectivity index (χ1n) is 14.3. The van der Waals surface area contributed by atoms with E-state index in [1.807, 2.05) is 35.2 Å². The molecule has 2 amide bonds.